The number of ether oxygens (including phenoxy) is 1. The van der Waals surface area contributed by atoms with Gasteiger partial charge in [0.05, 0.1) is 6.10 Å². The topological polar surface area (TPSA) is 61.0 Å². The molecule has 0 bridgehead atoms. The van der Waals surface area contributed by atoms with Gasteiger partial charge in [0.2, 0.25) is 0 Å². The zero-order chi connectivity index (χ0) is 9.97. The Morgan fingerprint density at radius 3 is 3.07 bits per heavy atom. The highest BCUT2D eigenvalue weighted by Gasteiger charge is 2.17. The molecule has 0 aliphatic carbocycles. The average molecular weight is 193 g/mol. The van der Waals surface area contributed by atoms with Crippen molar-refractivity contribution in [3.05, 3.63) is 17.6 Å². The molecule has 1 aliphatic heterocycles. The maximum absolute atomic E-state index is 5.64. The lowest BCUT2D eigenvalue weighted by atomic mass is 10.2. The normalized spacial score (nSPS) is 21.4. The first-order valence-corrected chi connectivity index (χ1v) is 4.95. The Labute approximate surface area is 83.5 Å². The quantitative estimate of drug-likeness (QED) is 0.763. The van der Waals surface area contributed by atoms with Crippen LogP contribution in [0.4, 0.5) is 5.82 Å². The standard InChI is InChI=1S/C10H15N3O/c1-7-5-9(11)13-10(12-7)6-8-3-2-4-14-8/h5,8H,2-4,6H2,1H3,(H2,11,12,13). The van der Waals surface area contributed by atoms with Crippen LogP contribution in [0.5, 0.6) is 0 Å². The van der Waals surface area contributed by atoms with E-state index in [2.05, 4.69) is 9.97 Å². The Bertz CT molecular complexity index is 301. The number of hydrogen-bond donors (Lipinski definition) is 1. The SMILES string of the molecule is Cc1cc(N)nc(CC2CCCO2)n1. The molecule has 1 aromatic rings. The maximum atomic E-state index is 5.64. The van der Waals surface area contributed by atoms with Crippen LogP contribution in [0.1, 0.15) is 24.4 Å². The van der Waals surface area contributed by atoms with Gasteiger partial charge in [-0.2, -0.15) is 0 Å². The summed E-state index contributed by atoms with van der Waals surface area (Å²) in [5.74, 6) is 1.35. The minimum absolute atomic E-state index is 0.288. The van der Waals surface area contributed by atoms with Gasteiger partial charge in [0.15, 0.2) is 0 Å². The van der Waals surface area contributed by atoms with Gasteiger partial charge in [-0.25, -0.2) is 9.97 Å². The van der Waals surface area contributed by atoms with E-state index in [0.717, 1.165) is 37.4 Å². The smallest absolute Gasteiger partial charge is 0.133 e. The Hall–Kier alpha value is -1.16. The van der Waals surface area contributed by atoms with Gasteiger partial charge >= 0.3 is 0 Å². The van der Waals surface area contributed by atoms with Gasteiger partial charge < -0.3 is 10.5 Å². The minimum Gasteiger partial charge on any atom is -0.384 e. The van der Waals surface area contributed by atoms with Crippen molar-refractivity contribution in [2.45, 2.75) is 32.3 Å². The number of aromatic nitrogens is 2. The second kappa shape index (κ2) is 3.92. The van der Waals surface area contributed by atoms with E-state index in [1.165, 1.54) is 0 Å². The van der Waals surface area contributed by atoms with Gasteiger partial charge in [-0.05, 0) is 19.8 Å². The molecule has 0 radical (unpaired) electrons. The Morgan fingerprint density at radius 1 is 1.57 bits per heavy atom. The van der Waals surface area contributed by atoms with Gasteiger partial charge in [0.1, 0.15) is 11.6 Å². The van der Waals surface area contributed by atoms with Crippen LogP contribution < -0.4 is 5.73 Å². The minimum atomic E-state index is 0.288. The Balaban J connectivity index is 2.07. The number of nitrogen functional groups attached to an aromatic ring is 1. The van der Waals surface area contributed by atoms with Gasteiger partial charge in [-0.15, -0.1) is 0 Å². The first-order chi connectivity index (χ1) is 6.74. The molecule has 2 N–H and O–H groups in total. The van der Waals surface area contributed by atoms with Gasteiger partial charge in [0.25, 0.3) is 0 Å². The number of nitrogens with two attached hydrogens (primary N) is 1. The summed E-state index contributed by atoms with van der Waals surface area (Å²) in [5.41, 5.74) is 6.56. The molecule has 1 atom stereocenters. The lowest BCUT2D eigenvalue weighted by Gasteiger charge is -2.08. The van der Waals surface area contributed by atoms with Crippen molar-refractivity contribution in [3.8, 4) is 0 Å². The molecule has 0 saturated carbocycles. The highest BCUT2D eigenvalue weighted by molar-refractivity contribution is 5.29. The van der Waals surface area contributed by atoms with Crippen LogP contribution in [0.3, 0.4) is 0 Å². The van der Waals surface area contributed by atoms with Crippen LogP contribution in [-0.4, -0.2) is 22.7 Å². The molecule has 76 valence electrons. The van der Waals surface area contributed by atoms with E-state index in [9.17, 15) is 0 Å². The predicted octanol–water partition coefficient (Wildman–Crippen LogP) is 1.09. The first-order valence-electron chi connectivity index (χ1n) is 4.95. The zero-order valence-electron chi connectivity index (χ0n) is 8.36. The first kappa shape index (κ1) is 9.40. The number of nitrogens with zero attached hydrogens (tertiary/aromatic N) is 2. The lowest BCUT2D eigenvalue weighted by Crippen LogP contribution is -2.12. The van der Waals surface area contributed by atoms with Crippen LogP contribution in [-0.2, 0) is 11.2 Å². The number of hydrogen-bond acceptors (Lipinski definition) is 4. The average Bonchev–Trinajstić information content (AvgIpc) is 2.54. The molecule has 0 aromatic carbocycles. The molecule has 2 heterocycles. The van der Waals surface area contributed by atoms with Gasteiger partial charge in [0, 0.05) is 24.8 Å². The molecule has 1 unspecified atom stereocenters. The van der Waals surface area contributed by atoms with Crippen molar-refractivity contribution in [2.24, 2.45) is 0 Å². The highest BCUT2D eigenvalue weighted by Crippen LogP contribution is 2.16. The van der Waals surface area contributed by atoms with E-state index in [4.69, 9.17) is 10.5 Å². The summed E-state index contributed by atoms with van der Waals surface area (Å²) in [6.07, 6.45) is 3.32. The van der Waals surface area contributed by atoms with E-state index in [0.29, 0.717) is 5.82 Å². The predicted molar refractivity (Wildman–Crippen MR) is 53.9 cm³/mol. The molecule has 2 rings (SSSR count). The molecule has 0 spiro atoms. The molecule has 0 amide bonds. The van der Waals surface area contributed by atoms with Crippen LogP contribution in [0, 0.1) is 6.92 Å². The molecular weight excluding hydrogens is 178 g/mol. The van der Waals surface area contributed by atoms with Crippen molar-refractivity contribution in [3.63, 3.8) is 0 Å². The summed E-state index contributed by atoms with van der Waals surface area (Å²) in [6.45, 7) is 2.79. The third kappa shape index (κ3) is 2.20. The summed E-state index contributed by atoms with van der Waals surface area (Å²) in [7, 11) is 0. The molecule has 1 saturated heterocycles. The fraction of sp³-hybridized carbons (Fsp3) is 0.600. The molecule has 1 fully saturated rings. The fourth-order valence-electron chi connectivity index (χ4n) is 1.76. The van der Waals surface area contributed by atoms with Crippen molar-refractivity contribution in [2.75, 3.05) is 12.3 Å². The van der Waals surface area contributed by atoms with E-state index in [-0.39, 0.29) is 6.10 Å². The second-order valence-electron chi connectivity index (χ2n) is 3.69. The molecule has 14 heavy (non-hydrogen) atoms. The van der Waals surface area contributed by atoms with Gasteiger partial charge in [-0.1, -0.05) is 0 Å². The molecule has 4 nitrogen and oxygen atoms in total. The molecule has 1 aliphatic rings. The molecule has 4 heteroatoms. The fourth-order valence-corrected chi connectivity index (χ4v) is 1.76. The van der Waals surface area contributed by atoms with E-state index < -0.39 is 0 Å². The zero-order valence-corrected chi connectivity index (χ0v) is 8.36. The van der Waals surface area contributed by atoms with Crippen LogP contribution in [0.2, 0.25) is 0 Å². The second-order valence-corrected chi connectivity index (χ2v) is 3.69. The van der Waals surface area contributed by atoms with Crippen LogP contribution in [0.15, 0.2) is 6.07 Å². The van der Waals surface area contributed by atoms with Gasteiger partial charge in [-0.3, -0.25) is 0 Å². The number of anilines is 1. The summed E-state index contributed by atoms with van der Waals surface area (Å²) in [6, 6.07) is 1.78. The van der Waals surface area contributed by atoms with Crippen LogP contribution in [0.25, 0.3) is 0 Å². The van der Waals surface area contributed by atoms with Crippen LogP contribution >= 0.6 is 0 Å². The Morgan fingerprint density at radius 2 is 2.43 bits per heavy atom. The number of aryl methyl sites for hydroxylation is 1. The lowest BCUT2D eigenvalue weighted by molar-refractivity contribution is 0.110. The van der Waals surface area contributed by atoms with E-state index in [1.54, 1.807) is 6.07 Å². The molecule has 1 aromatic heterocycles. The third-order valence-electron chi connectivity index (χ3n) is 2.35. The summed E-state index contributed by atoms with van der Waals surface area (Å²) in [5, 5.41) is 0. The summed E-state index contributed by atoms with van der Waals surface area (Å²) >= 11 is 0. The molecular formula is C10H15N3O. The summed E-state index contributed by atoms with van der Waals surface area (Å²) in [4.78, 5) is 8.51. The van der Waals surface area contributed by atoms with Crippen molar-refractivity contribution in [1.82, 2.24) is 9.97 Å². The summed E-state index contributed by atoms with van der Waals surface area (Å²) < 4.78 is 5.52. The van der Waals surface area contributed by atoms with Crippen molar-refractivity contribution in [1.29, 1.82) is 0 Å². The number of rotatable bonds is 2. The van der Waals surface area contributed by atoms with Crippen molar-refractivity contribution < 1.29 is 4.74 Å². The Kier molecular flexibility index (Phi) is 2.63. The monoisotopic (exact) mass is 193 g/mol. The van der Waals surface area contributed by atoms with E-state index >= 15 is 0 Å². The highest BCUT2D eigenvalue weighted by atomic mass is 16.5. The largest absolute Gasteiger partial charge is 0.384 e. The maximum Gasteiger partial charge on any atom is 0.133 e. The van der Waals surface area contributed by atoms with Crippen molar-refractivity contribution >= 4 is 5.82 Å². The van der Waals surface area contributed by atoms with E-state index in [1.807, 2.05) is 6.92 Å². The third-order valence-corrected chi connectivity index (χ3v) is 2.35.